The van der Waals surface area contributed by atoms with Crippen LogP contribution in [0, 0.1) is 18.6 Å². The van der Waals surface area contributed by atoms with Crippen LogP contribution in [0.3, 0.4) is 0 Å². The summed E-state index contributed by atoms with van der Waals surface area (Å²) in [6, 6.07) is 15.0. The molecule has 0 unspecified atom stereocenters. The molecule has 0 atom stereocenters. The summed E-state index contributed by atoms with van der Waals surface area (Å²) in [5.41, 5.74) is 2.71. The van der Waals surface area contributed by atoms with Crippen LogP contribution in [-0.2, 0) is 0 Å². The molecule has 0 aliphatic rings. The van der Waals surface area contributed by atoms with Gasteiger partial charge in [0.1, 0.15) is 17.2 Å². The van der Waals surface area contributed by atoms with E-state index in [1.54, 1.807) is 18.2 Å². The van der Waals surface area contributed by atoms with E-state index in [-0.39, 0.29) is 11.6 Å². The zero-order chi connectivity index (χ0) is 20.5. The van der Waals surface area contributed by atoms with E-state index in [4.69, 9.17) is 16.0 Å². The van der Waals surface area contributed by atoms with Gasteiger partial charge in [-0.15, -0.1) is 0 Å². The summed E-state index contributed by atoms with van der Waals surface area (Å²) in [7, 11) is 0. The van der Waals surface area contributed by atoms with Crippen molar-refractivity contribution in [1.29, 1.82) is 0 Å². The van der Waals surface area contributed by atoms with Crippen LogP contribution in [-0.4, -0.2) is 6.03 Å². The topological polar surface area (TPSA) is 54.3 Å². The molecule has 0 spiro atoms. The van der Waals surface area contributed by atoms with Crippen LogP contribution >= 0.6 is 11.6 Å². The molecule has 4 aromatic rings. The Morgan fingerprint density at radius 2 is 1.79 bits per heavy atom. The van der Waals surface area contributed by atoms with Gasteiger partial charge in [-0.1, -0.05) is 41.4 Å². The number of anilines is 2. The van der Waals surface area contributed by atoms with Crippen molar-refractivity contribution in [2.45, 2.75) is 6.92 Å². The highest BCUT2D eigenvalue weighted by Crippen LogP contribution is 2.41. The average molecular weight is 413 g/mol. The zero-order valence-corrected chi connectivity index (χ0v) is 16.0. The van der Waals surface area contributed by atoms with E-state index in [0.29, 0.717) is 27.8 Å². The van der Waals surface area contributed by atoms with Crippen LogP contribution < -0.4 is 10.6 Å². The molecule has 4 rings (SSSR count). The first-order valence-corrected chi connectivity index (χ1v) is 9.11. The molecule has 0 radical (unpaired) electrons. The number of amides is 2. The zero-order valence-electron chi connectivity index (χ0n) is 15.2. The smallest absolute Gasteiger partial charge is 0.326 e. The molecule has 2 amide bonds. The number of carbonyl (C=O) groups is 1. The van der Waals surface area contributed by atoms with Crippen molar-refractivity contribution >= 4 is 40.2 Å². The average Bonchev–Trinajstić information content (AvgIpc) is 3.01. The molecule has 29 heavy (non-hydrogen) atoms. The first-order valence-electron chi connectivity index (χ1n) is 8.73. The summed E-state index contributed by atoms with van der Waals surface area (Å²) in [5.74, 6) is -1.45. The van der Waals surface area contributed by atoms with E-state index in [2.05, 4.69) is 10.6 Å². The lowest BCUT2D eigenvalue weighted by atomic mass is 10.0. The Balaban J connectivity index is 1.74. The number of halogens is 3. The van der Waals surface area contributed by atoms with E-state index in [1.165, 1.54) is 0 Å². The molecular weight excluding hydrogens is 398 g/mol. The highest BCUT2D eigenvalue weighted by Gasteiger charge is 2.20. The maximum absolute atomic E-state index is 13.8. The fourth-order valence-corrected chi connectivity index (χ4v) is 3.31. The second-order valence-electron chi connectivity index (χ2n) is 6.49. The van der Waals surface area contributed by atoms with Gasteiger partial charge < -0.3 is 9.73 Å². The standard InChI is InChI=1S/C22H15ClF2N2O2/c1-12-6-9-19-15(10-12)20(14-4-2-3-5-16(14)23)21(29-19)27-22(28)26-18-8-7-13(24)11-17(18)25/h2-11H,1H3,(H2,26,27,28). The number of hydrogen-bond donors (Lipinski definition) is 2. The third kappa shape index (κ3) is 3.79. The normalized spacial score (nSPS) is 10.9. The Hall–Kier alpha value is -3.38. The number of carbonyl (C=O) groups excluding carboxylic acids is 1. The fraction of sp³-hybridized carbons (Fsp3) is 0.0455. The summed E-state index contributed by atoms with van der Waals surface area (Å²) in [6.07, 6.45) is 0. The van der Waals surface area contributed by atoms with Crippen molar-refractivity contribution < 1.29 is 18.0 Å². The van der Waals surface area contributed by atoms with Crippen LogP contribution in [0.1, 0.15) is 5.56 Å². The quantitative estimate of drug-likeness (QED) is 0.381. The number of urea groups is 1. The lowest BCUT2D eigenvalue weighted by Crippen LogP contribution is -2.20. The molecule has 1 heterocycles. The largest absolute Gasteiger partial charge is 0.440 e. The van der Waals surface area contributed by atoms with E-state index in [9.17, 15) is 13.6 Å². The van der Waals surface area contributed by atoms with Crippen molar-refractivity contribution in [1.82, 2.24) is 0 Å². The minimum atomic E-state index is -0.883. The van der Waals surface area contributed by atoms with E-state index >= 15 is 0 Å². The number of aryl methyl sites for hydroxylation is 1. The molecule has 2 N–H and O–H groups in total. The summed E-state index contributed by atoms with van der Waals surface area (Å²) in [4.78, 5) is 12.5. The van der Waals surface area contributed by atoms with Crippen LogP contribution in [0.5, 0.6) is 0 Å². The number of nitrogens with one attached hydrogen (secondary N) is 2. The van der Waals surface area contributed by atoms with Crippen molar-refractivity contribution in [2.75, 3.05) is 10.6 Å². The van der Waals surface area contributed by atoms with Gasteiger partial charge in [-0.05, 0) is 37.3 Å². The molecular formula is C22H15ClF2N2O2. The summed E-state index contributed by atoms with van der Waals surface area (Å²) < 4.78 is 32.7. The van der Waals surface area contributed by atoms with E-state index in [0.717, 1.165) is 23.1 Å². The van der Waals surface area contributed by atoms with Gasteiger partial charge in [-0.3, -0.25) is 5.32 Å². The highest BCUT2D eigenvalue weighted by atomic mass is 35.5. The monoisotopic (exact) mass is 412 g/mol. The highest BCUT2D eigenvalue weighted by molar-refractivity contribution is 6.34. The van der Waals surface area contributed by atoms with Gasteiger partial charge in [-0.2, -0.15) is 0 Å². The number of furan rings is 1. The third-order valence-corrected chi connectivity index (χ3v) is 4.72. The fourth-order valence-electron chi connectivity index (χ4n) is 3.08. The van der Waals surface area contributed by atoms with Crippen molar-refractivity contribution in [3.05, 3.63) is 82.9 Å². The van der Waals surface area contributed by atoms with Crippen LogP contribution in [0.2, 0.25) is 5.02 Å². The molecule has 0 bridgehead atoms. The molecule has 4 nitrogen and oxygen atoms in total. The minimum Gasteiger partial charge on any atom is -0.440 e. The van der Waals surface area contributed by atoms with Gasteiger partial charge in [0, 0.05) is 22.0 Å². The lowest BCUT2D eigenvalue weighted by molar-refractivity contribution is 0.261. The molecule has 146 valence electrons. The van der Waals surface area contributed by atoms with E-state index < -0.39 is 17.7 Å². The second kappa shape index (κ2) is 7.56. The number of fused-ring (bicyclic) bond motifs is 1. The SMILES string of the molecule is Cc1ccc2oc(NC(=O)Nc3ccc(F)cc3F)c(-c3ccccc3Cl)c2c1. The molecule has 3 aromatic carbocycles. The van der Waals surface area contributed by atoms with Gasteiger partial charge in [0.15, 0.2) is 0 Å². The molecule has 1 aromatic heterocycles. The first-order chi connectivity index (χ1) is 13.9. The summed E-state index contributed by atoms with van der Waals surface area (Å²) >= 11 is 6.37. The predicted octanol–water partition coefficient (Wildman–Crippen LogP) is 6.98. The maximum atomic E-state index is 13.8. The lowest BCUT2D eigenvalue weighted by Gasteiger charge is -2.09. The Bertz CT molecular complexity index is 1240. The summed E-state index contributed by atoms with van der Waals surface area (Å²) in [5, 5.41) is 6.22. The number of benzene rings is 3. The van der Waals surface area contributed by atoms with Gasteiger partial charge in [0.2, 0.25) is 5.88 Å². The maximum Gasteiger partial charge on any atom is 0.326 e. The molecule has 7 heteroatoms. The van der Waals surface area contributed by atoms with Gasteiger partial charge in [0.05, 0.1) is 11.3 Å². The van der Waals surface area contributed by atoms with Crippen LogP contribution in [0.4, 0.5) is 25.1 Å². The second-order valence-corrected chi connectivity index (χ2v) is 6.90. The third-order valence-electron chi connectivity index (χ3n) is 4.39. The van der Waals surface area contributed by atoms with Crippen molar-refractivity contribution in [3.8, 4) is 11.1 Å². The first kappa shape index (κ1) is 19.0. The van der Waals surface area contributed by atoms with Gasteiger partial charge >= 0.3 is 6.03 Å². The summed E-state index contributed by atoms with van der Waals surface area (Å²) in [6.45, 7) is 1.94. The molecule has 0 fully saturated rings. The Morgan fingerprint density at radius 3 is 2.55 bits per heavy atom. The Kier molecular flexibility index (Phi) is 4.94. The molecule has 0 aliphatic heterocycles. The van der Waals surface area contributed by atoms with Crippen LogP contribution in [0.25, 0.3) is 22.1 Å². The Morgan fingerprint density at radius 1 is 1.00 bits per heavy atom. The Labute approximate surface area is 170 Å². The minimum absolute atomic E-state index is 0.157. The molecule has 0 saturated carbocycles. The van der Waals surface area contributed by atoms with Crippen LogP contribution in [0.15, 0.2) is 65.1 Å². The molecule has 0 aliphatic carbocycles. The van der Waals surface area contributed by atoms with E-state index in [1.807, 2.05) is 31.2 Å². The van der Waals surface area contributed by atoms with Gasteiger partial charge in [-0.25, -0.2) is 13.6 Å². The van der Waals surface area contributed by atoms with Crippen molar-refractivity contribution in [2.24, 2.45) is 0 Å². The number of rotatable bonds is 3. The van der Waals surface area contributed by atoms with Crippen molar-refractivity contribution in [3.63, 3.8) is 0 Å². The number of hydrogen-bond acceptors (Lipinski definition) is 2. The van der Waals surface area contributed by atoms with Gasteiger partial charge in [0.25, 0.3) is 0 Å². The predicted molar refractivity (Wildman–Crippen MR) is 110 cm³/mol. The molecule has 0 saturated heterocycles.